The molecule has 0 spiro atoms. The molecule has 2 aromatic carbocycles. The second-order valence-electron chi connectivity index (χ2n) is 9.30. The molecule has 0 aromatic heterocycles. The monoisotopic (exact) mass is 475 g/mol. The van der Waals surface area contributed by atoms with E-state index in [4.69, 9.17) is 0 Å². The standard InChI is InChI=1S/C28H33N3O4/c1-2-3-5-12-21-15-16-25(32)30(21)18-17-29-26(33)24(19-20-10-6-4-7-11-20)31-27(34)22-13-8-9-14-23(22)28(31)35/h4,6-11,13-14,21,24H,2-3,5,12,15-19H2,1H3,(H,29,33). The molecule has 184 valence electrons. The lowest BCUT2D eigenvalue weighted by atomic mass is 10.0. The Morgan fingerprint density at radius 3 is 2.29 bits per heavy atom. The summed E-state index contributed by atoms with van der Waals surface area (Å²) >= 11 is 0. The van der Waals surface area contributed by atoms with E-state index in [1.165, 1.54) is 0 Å². The molecule has 0 saturated carbocycles. The number of likely N-dealkylation sites (tertiary alicyclic amines) is 1. The van der Waals surface area contributed by atoms with Gasteiger partial charge in [-0.25, -0.2) is 0 Å². The van der Waals surface area contributed by atoms with Crippen LogP contribution in [0.4, 0.5) is 0 Å². The van der Waals surface area contributed by atoms with Gasteiger partial charge in [0.15, 0.2) is 0 Å². The SMILES string of the molecule is CCCCCC1CCC(=O)N1CCNC(=O)C(Cc1ccccc1)N1C(=O)c2ccccc2C1=O. The van der Waals surface area contributed by atoms with Crippen molar-refractivity contribution in [1.82, 2.24) is 15.1 Å². The van der Waals surface area contributed by atoms with Crippen molar-refractivity contribution in [2.45, 2.75) is 64.0 Å². The summed E-state index contributed by atoms with van der Waals surface area (Å²) in [6.45, 7) is 2.87. The molecule has 1 saturated heterocycles. The average molecular weight is 476 g/mol. The minimum absolute atomic E-state index is 0.127. The number of carbonyl (C=O) groups is 4. The maximum Gasteiger partial charge on any atom is 0.262 e. The molecule has 1 N–H and O–H groups in total. The number of nitrogens with one attached hydrogen (secondary N) is 1. The van der Waals surface area contributed by atoms with E-state index < -0.39 is 23.8 Å². The summed E-state index contributed by atoms with van der Waals surface area (Å²) in [7, 11) is 0. The quantitative estimate of drug-likeness (QED) is 0.398. The van der Waals surface area contributed by atoms with Crippen LogP contribution in [0.2, 0.25) is 0 Å². The second-order valence-corrected chi connectivity index (χ2v) is 9.30. The second kappa shape index (κ2) is 11.3. The van der Waals surface area contributed by atoms with Crippen LogP contribution < -0.4 is 5.32 Å². The molecule has 0 radical (unpaired) electrons. The summed E-state index contributed by atoms with van der Waals surface area (Å²) in [5, 5.41) is 2.90. The Labute approximate surface area is 206 Å². The fraction of sp³-hybridized carbons (Fsp3) is 0.429. The third kappa shape index (κ3) is 5.45. The van der Waals surface area contributed by atoms with Crippen molar-refractivity contribution < 1.29 is 19.2 Å². The van der Waals surface area contributed by atoms with Crippen molar-refractivity contribution in [2.75, 3.05) is 13.1 Å². The first-order valence-corrected chi connectivity index (χ1v) is 12.6. The number of imide groups is 1. The number of unbranched alkanes of at least 4 members (excludes halogenated alkanes) is 2. The maximum atomic E-state index is 13.4. The average Bonchev–Trinajstić information content (AvgIpc) is 3.35. The number of fused-ring (bicyclic) bond motifs is 1. The van der Waals surface area contributed by atoms with Crippen molar-refractivity contribution in [3.05, 3.63) is 71.3 Å². The Balaban J connectivity index is 1.45. The van der Waals surface area contributed by atoms with Gasteiger partial charge in [0.2, 0.25) is 11.8 Å². The van der Waals surface area contributed by atoms with Crippen LogP contribution in [-0.2, 0) is 16.0 Å². The highest BCUT2D eigenvalue weighted by molar-refractivity contribution is 6.22. The van der Waals surface area contributed by atoms with Crippen LogP contribution in [0.25, 0.3) is 0 Å². The Kier molecular flexibility index (Phi) is 7.95. The van der Waals surface area contributed by atoms with Crippen molar-refractivity contribution in [2.24, 2.45) is 0 Å². The van der Waals surface area contributed by atoms with Crippen LogP contribution in [0.3, 0.4) is 0 Å². The van der Waals surface area contributed by atoms with Crippen LogP contribution in [0.1, 0.15) is 71.7 Å². The first-order chi connectivity index (χ1) is 17.0. The van der Waals surface area contributed by atoms with Crippen LogP contribution in [-0.4, -0.2) is 58.6 Å². The number of benzene rings is 2. The predicted octanol–water partition coefficient (Wildman–Crippen LogP) is 3.58. The first-order valence-electron chi connectivity index (χ1n) is 12.6. The highest BCUT2D eigenvalue weighted by Crippen LogP contribution is 2.26. The minimum Gasteiger partial charge on any atom is -0.353 e. The molecule has 2 aliphatic heterocycles. The van der Waals surface area contributed by atoms with E-state index in [2.05, 4.69) is 12.2 Å². The molecule has 7 heteroatoms. The summed E-state index contributed by atoms with van der Waals surface area (Å²) in [5.74, 6) is -1.17. The summed E-state index contributed by atoms with van der Waals surface area (Å²) < 4.78 is 0. The van der Waals surface area contributed by atoms with Crippen molar-refractivity contribution in [1.29, 1.82) is 0 Å². The zero-order valence-electron chi connectivity index (χ0n) is 20.2. The number of carbonyl (C=O) groups excluding carboxylic acids is 4. The van der Waals surface area contributed by atoms with E-state index >= 15 is 0 Å². The van der Waals surface area contributed by atoms with Crippen LogP contribution in [0.15, 0.2) is 54.6 Å². The van der Waals surface area contributed by atoms with E-state index in [-0.39, 0.29) is 24.9 Å². The van der Waals surface area contributed by atoms with Crippen LogP contribution >= 0.6 is 0 Å². The molecule has 4 rings (SSSR count). The number of rotatable bonds is 11. The summed E-state index contributed by atoms with van der Waals surface area (Å²) in [4.78, 5) is 55.0. The highest BCUT2D eigenvalue weighted by Gasteiger charge is 2.42. The molecule has 2 atom stereocenters. The van der Waals surface area contributed by atoms with Crippen molar-refractivity contribution in [3.63, 3.8) is 0 Å². The van der Waals surface area contributed by atoms with Gasteiger partial charge in [-0.2, -0.15) is 0 Å². The van der Waals surface area contributed by atoms with Gasteiger partial charge in [-0.15, -0.1) is 0 Å². The lowest BCUT2D eigenvalue weighted by molar-refractivity contribution is -0.130. The van der Waals surface area contributed by atoms with Crippen LogP contribution in [0.5, 0.6) is 0 Å². The maximum absolute atomic E-state index is 13.4. The molecule has 0 aliphatic carbocycles. The summed E-state index contributed by atoms with van der Waals surface area (Å²) in [6, 6.07) is 15.3. The Bertz CT molecular complexity index is 1050. The highest BCUT2D eigenvalue weighted by atomic mass is 16.2. The van der Waals surface area contributed by atoms with Gasteiger partial charge in [0.1, 0.15) is 6.04 Å². The molecule has 2 heterocycles. The molecular formula is C28H33N3O4. The van der Waals surface area contributed by atoms with Gasteiger partial charge in [-0.05, 0) is 30.5 Å². The lowest BCUT2D eigenvalue weighted by Gasteiger charge is -2.27. The van der Waals surface area contributed by atoms with Crippen LogP contribution in [0, 0.1) is 0 Å². The third-order valence-electron chi connectivity index (χ3n) is 6.96. The molecule has 0 bridgehead atoms. The fourth-order valence-corrected chi connectivity index (χ4v) is 5.08. The molecule has 1 fully saturated rings. The molecule has 7 nitrogen and oxygen atoms in total. The predicted molar refractivity (Wildman–Crippen MR) is 133 cm³/mol. The van der Waals surface area contributed by atoms with E-state index in [9.17, 15) is 19.2 Å². The molecule has 2 aliphatic rings. The van der Waals surface area contributed by atoms with Gasteiger partial charge in [0, 0.05) is 32.0 Å². The molecule has 2 aromatic rings. The molecule has 35 heavy (non-hydrogen) atoms. The number of hydrogen-bond acceptors (Lipinski definition) is 4. The van der Waals surface area contributed by atoms with Gasteiger partial charge in [-0.3, -0.25) is 24.1 Å². The Morgan fingerprint density at radius 2 is 1.63 bits per heavy atom. The number of nitrogens with zero attached hydrogens (tertiary/aromatic N) is 2. The zero-order valence-corrected chi connectivity index (χ0v) is 20.2. The zero-order chi connectivity index (χ0) is 24.8. The summed E-state index contributed by atoms with van der Waals surface area (Å²) in [6.07, 6.45) is 6.00. The van der Waals surface area contributed by atoms with Gasteiger partial charge in [0.25, 0.3) is 11.8 Å². The topological polar surface area (TPSA) is 86.8 Å². The van der Waals surface area contributed by atoms with Gasteiger partial charge >= 0.3 is 0 Å². The fourth-order valence-electron chi connectivity index (χ4n) is 5.08. The van der Waals surface area contributed by atoms with Crippen molar-refractivity contribution >= 4 is 23.6 Å². The van der Waals surface area contributed by atoms with E-state index in [0.717, 1.165) is 42.6 Å². The van der Waals surface area contributed by atoms with Crippen molar-refractivity contribution in [3.8, 4) is 0 Å². The lowest BCUT2D eigenvalue weighted by Crippen LogP contribution is -2.52. The third-order valence-corrected chi connectivity index (χ3v) is 6.96. The first kappa shape index (κ1) is 24.6. The molecule has 4 amide bonds. The van der Waals surface area contributed by atoms with E-state index in [0.29, 0.717) is 24.1 Å². The smallest absolute Gasteiger partial charge is 0.262 e. The van der Waals surface area contributed by atoms with Gasteiger partial charge in [0.05, 0.1) is 11.1 Å². The van der Waals surface area contributed by atoms with Gasteiger partial charge in [-0.1, -0.05) is 68.7 Å². The van der Waals surface area contributed by atoms with Gasteiger partial charge < -0.3 is 10.2 Å². The number of amides is 4. The van der Waals surface area contributed by atoms with E-state index in [1.807, 2.05) is 35.2 Å². The molecular weight excluding hydrogens is 442 g/mol. The largest absolute Gasteiger partial charge is 0.353 e. The summed E-state index contributed by atoms with van der Waals surface area (Å²) in [5.41, 5.74) is 1.50. The minimum atomic E-state index is -0.973. The normalized spacial score (nSPS) is 18.2. The van der Waals surface area contributed by atoms with E-state index in [1.54, 1.807) is 24.3 Å². The Hall–Kier alpha value is -3.48. The number of hydrogen-bond donors (Lipinski definition) is 1. The Morgan fingerprint density at radius 1 is 0.971 bits per heavy atom. The molecule has 2 unspecified atom stereocenters.